The number of allylic oxidation sites excluding steroid dienone is 1. The number of hydrogen-bond acceptors (Lipinski definition) is 18. The van der Waals surface area contributed by atoms with Crippen molar-refractivity contribution in [2.45, 2.75) is 197 Å². The van der Waals surface area contributed by atoms with Gasteiger partial charge in [-0.3, -0.25) is 13.9 Å². The van der Waals surface area contributed by atoms with Crippen LogP contribution in [0.1, 0.15) is 107 Å². The summed E-state index contributed by atoms with van der Waals surface area (Å²) in [7, 11) is -10.2. The summed E-state index contributed by atoms with van der Waals surface area (Å²) in [4.78, 5) is 14.5. The van der Waals surface area contributed by atoms with Crippen molar-refractivity contribution >= 4 is 26.8 Å². The minimum Gasteiger partial charge on any atom is -0.453 e. The molecule has 22 heteroatoms. The second kappa shape index (κ2) is 15.3. The van der Waals surface area contributed by atoms with Gasteiger partial charge in [0.25, 0.3) is 0 Å². The van der Waals surface area contributed by atoms with E-state index in [4.69, 9.17) is 28.4 Å². The second-order valence-corrected chi connectivity index (χ2v) is 23.3. The molecule has 19 atom stereocenters. The van der Waals surface area contributed by atoms with Crippen LogP contribution in [0, 0.1) is 33.5 Å². The van der Waals surface area contributed by atoms with Crippen LogP contribution in [-0.2, 0) is 62.4 Å². The van der Waals surface area contributed by atoms with Gasteiger partial charge < -0.3 is 54.0 Å². The van der Waals surface area contributed by atoms with Crippen molar-refractivity contribution in [2.24, 2.45) is 33.5 Å². The van der Waals surface area contributed by atoms with Crippen LogP contribution in [-0.4, -0.2) is 154 Å². The zero-order valence-electron chi connectivity index (χ0n) is 36.8. The molecule has 0 radical (unpaired) electrons. The Bertz CT molecular complexity index is 2080. The van der Waals surface area contributed by atoms with Crippen LogP contribution in [0.3, 0.4) is 0 Å². The number of carbonyl (C=O) groups excluding carboxylic acids is 1. The number of carbonyl (C=O) groups is 1. The Morgan fingerprint density at radius 3 is 2.05 bits per heavy atom. The quantitative estimate of drug-likeness (QED) is 0.0741. The monoisotopic (exact) mass is 940 g/mol. The number of hydrogen-bond donors (Lipinski definition) is 7. The van der Waals surface area contributed by atoms with E-state index in [9.17, 15) is 56.3 Å². The van der Waals surface area contributed by atoms with Gasteiger partial charge in [-0.25, -0.2) is 8.37 Å². The van der Waals surface area contributed by atoms with E-state index in [0.717, 1.165) is 12.0 Å². The Balaban J connectivity index is 1.05. The summed E-state index contributed by atoms with van der Waals surface area (Å²) in [6.45, 7) is 14.6. The summed E-state index contributed by atoms with van der Waals surface area (Å²) in [6, 6.07) is 0. The molecule has 0 amide bonds. The van der Waals surface area contributed by atoms with E-state index in [1.165, 1.54) is 6.92 Å². The van der Waals surface area contributed by atoms with Gasteiger partial charge in [0.15, 0.2) is 18.2 Å². The first-order chi connectivity index (χ1) is 28.9. The summed E-state index contributed by atoms with van der Waals surface area (Å²) in [6.07, 6.45) is -12.2. The molecule has 360 valence electrons. The maximum Gasteiger partial charge on any atom is 0.397 e. The Morgan fingerprint density at radius 1 is 0.762 bits per heavy atom. The van der Waals surface area contributed by atoms with Crippen molar-refractivity contribution in [3.8, 4) is 0 Å². The standard InChI is InChI=1S/C41H64O20S2/c1-19-30(61-63(51,52)53)28(44)29(45)32(55-19)57-31-27(43)22(60-62(48,49)50)18-54-33(31)56-25-12-14-37(6)21-17-24(42)41-34(46)59-39(8,26-11-13-35(2,3)58-26)40(41,47)16-15-38(41,7)20(21)9-10-23(37)36(25,4)5/h17,19-20,22-33,42-45,47H,9-16,18H2,1-8H3,(H,48,49,50)(H,51,52,53)/t19-,20-,22-,23+,24+,25+,26-,27+,28-,29-,30-,31-,32+,33+,37-,38+,39+,40+,41-/m1/s1. The molecular weight excluding hydrogens is 877 g/mol. The molecule has 63 heavy (non-hydrogen) atoms. The van der Waals surface area contributed by atoms with E-state index in [1.54, 1.807) is 13.0 Å². The highest BCUT2D eigenvalue weighted by molar-refractivity contribution is 7.81. The first kappa shape index (κ1) is 48.0. The van der Waals surface area contributed by atoms with Crippen LogP contribution in [0.4, 0.5) is 0 Å². The molecule has 4 aliphatic carbocycles. The first-order valence-electron chi connectivity index (χ1n) is 21.8. The van der Waals surface area contributed by atoms with Gasteiger partial charge in [0.2, 0.25) is 0 Å². The average Bonchev–Trinajstić information content (AvgIpc) is 3.72. The van der Waals surface area contributed by atoms with E-state index >= 15 is 0 Å². The van der Waals surface area contributed by atoms with Gasteiger partial charge in [-0.15, -0.1) is 0 Å². The molecule has 4 aliphatic heterocycles. The number of aliphatic hydroxyl groups is 5. The third kappa shape index (κ3) is 7.14. The Morgan fingerprint density at radius 2 is 1.43 bits per heavy atom. The lowest BCUT2D eigenvalue weighted by Crippen LogP contribution is -2.69. The van der Waals surface area contributed by atoms with Gasteiger partial charge in [-0.1, -0.05) is 39.3 Å². The van der Waals surface area contributed by atoms with Crippen molar-refractivity contribution in [3.05, 3.63) is 11.6 Å². The van der Waals surface area contributed by atoms with E-state index in [-0.39, 0.29) is 18.3 Å². The van der Waals surface area contributed by atoms with E-state index in [2.05, 4.69) is 15.3 Å². The largest absolute Gasteiger partial charge is 0.453 e. The molecule has 8 aliphatic rings. The maximum atomic E-state index is 14.5. The molecule has 3 saturated carbocycles. The fourth-order valence-corrected chi connectivity index (χ4v) is 15.0. The number of aliphatic hydroxyl groups excluding tert-OH is 4. The molecule has 8 rings (SSSR count). The fraction of sp³-hybridized carbons (Fsp3) is 0.927. The van der Waals surface area contributed by atoms with Gasteiger partial charge in [0.05, 0.1) is 30.5 Å². The molecule has 0 bridgehead atoms. The summed E-state index contributed by atoms with van der Waals surface area (Å²) in [5.74, 6) is -0.879. The van der Waals surface area contributed by atoms with Crippen LogP contribution in [0.5, 0.6) is 0 Å². The Hall–Kier alpha value is -1.45. The van der Waals surface area contributed by atoms with Gasteiger partial charge in [0.1, 0.15) is 53.7 Å². The van der Waals surface area contributed by atoms with Crippen molar-refractivity contribution in [1.82, 2.24) is 0 Å². The molecule has 20 nitrogen and oxygen atoms in total. The SMILES string of the molecule is C[C@H]1O[C@@H](O[C@H]2[C@H](O[C@H]3CC[C@]4(C)C5=C[C@H](O)[C@]67C(=O)O[C@@](C)([C@H]8CCC(C)(C)O8)[C@@]6(O)CC[C@@]7(C)[C@@H]5CC[C@H]4C3(C)C)OC[C@@H](OS(=O)(=O)O)[C@@H]2O)[C@H](O)[C@@H](O)[C@@H]1OS(=O)(=O)O. The molecule has 0 aromatic rings. The third-order valence-corrected chi connectivity index (χ3v) is 18.1. The summed E-state index contributed by atoms with van der Waals surface area (Å²) in [5.41, 5.74) is -6.22. The zero-order valence-corrected chi connectivity index (χ0v) is 38.4. The van der Waals surface area contributed by atoms with Crippen molar-refractivity contribution in [3.63, 3.8) is 0 Å². The number of ether oxygens (including phenoxy) is 6. The minimum atomic E-state index is -5.12. The molecule has 7 fully saturated rings. The van der Waals surface area contributed by atoms with Gasteiger partial charge >= 0.3 is 26.8 Å². The molecule has 4 heterocycles. The lowest BCUT2D eigenvalue weighted by molar-refractivity contribution is -0.361. The Labute approximate surface area is 367 Å². The van der Waals surface area contributed by atoms with E-state index in [0.29, 0.717) is 38.5 Å². The van der Waals surface area contributed by atoms with Crippen LogP contribution >= 0.6 is 0 Å². The lowest BCUT2D eigenvalue weighted by Gasteiger charge is -2.64. The number of fused-ring (bicyclic) bond motifs is 4. The maximum absolute atomic E-state index is 14.5. The lowest BCUT2D eigenvalue weighted by atomic mass is 9.40. The average molecular weight is 941 g/mol. The summed E-state index contributed by atoms with van der Waals surface area (Å²) >= 11 is 0. The summed E-state index contributed by atoms with van der Waals surface area (Å²) < 4.78 is 111. The van der Waals surface area contributed by atoms with Crippen LogP contribution < -0.4 is 0 Å². The van der Waals surface area contributed by atoms with Crippen LogP contribution in [0.25, 0.3) is 0 Å². The van der Waals surface area contributed by atoms with Crippen molar-refractivity contribution < 1.29 is 93.1 Å². The molecule has 4 saturated heterocycles. The first-order valence-corrected chi connectivity index (χ1v) is 24.6. The smallest absolute Gasteiger partial charge is 0.397 e. The minimum absolute atomic E-state index is 0.0889. The van der Waals surface area contributed by atoms with Crippen LogP contribution in [0.15, 0.2) is 11.6 Å². The van der Waals surface area contributed by atoms with E-state index < -0.39 is 145 Å². The molecular formula is C41H64O20S2. The molecule has 0 aromatic heterocycles. The van der Waals surface area contributed by atoms with Crippen LogP contribution in [0.2, 0.25) is 0 Å². The highest BCUT2D eigenvalue weighted by Gasteiger charge is 2.87. The topological polar surface area (TPSA) is 301 Å². The summed E-state index contributed by atoms with van der Waals surface area (Å²) in [5, 5.41) is 58.6. The second-order valence-electron chi connectivity index (χ2n) is 21.2. The van der Waals surface area contributed by atoms with Gasteiger partial charge in [-0.05, 0) is 107 Å². The normalized spacial score (nSPS) is 51.7. The predicted octanol–water partition coefficient (Wildman–Crippen LogP) is 1.26. The molecule has 7 N–H and O–H groups in total. The Kier molecular flexibility index (Phi) is 11.6. The highest BCUT2D eigenvalue weighted by Crippen LogP contribution is 2.77. The molecule has 0 aromatic carbocycles. The predicted molar refractivity (Wildman–Crippen MR) is 214 cm³/mol. The molecule has 0 unspecified atom stereocenters. The van der Waals surface area contributed by atoms with E-state index in [1.807, 2.05) is 34.6 Å². The third-order valence-electron chi connectivity index (χ3n) is 17.1. The number of rotatable bonds is 9. The van der Waals surface area contributed by atoms with Crippen molar-refractivity contribution in [2.75, 3.05) is 6.61 Å². The van der Waals surface area contributed by atoms with Crippen molar-refractivity contribution in [1.29, 1.82) is 0 Å². The number of cyclic esters (lactones) is 1. The number of esters is 1. The fourth-order valence-electron chi connectivity index (χ4n) is 14.0. The highest BCUT2D eigenvalue weighted by atomic mass is 32.3. The zero-order chi connectivity index (χ0) is 46.5. The van der Waals surface area contributed by atoms with Gasteiger partial charge in [0, 0.05) is 0 Å². The van der Waals surface area contributed by atoms with Gasteiger partial charge in [-0.2, -0.15) is 16.8 Å². The molecule has 1 spiro atoms.